The number of H-pyrrole nitrogens is 1. The van der Waals surface area contributed by atoms with E-state index in [0.29, 0.717) is 24.2 Å². The quantitative estimate of drug-likeness (QED) is 0.695. The topological polar surface area (TPSA) is 71.1 Å². The van der Waals surface area contributed by atoms with Crippen molar-refractivity contribution < 1.29 is 13.9 Å². The zero-order valence-corrected chi connectivity index (χ0v) is 15.3. The number of nitrogens with zero attached hydrogens (tertiary/aromatic N) is 3. The number of aromatic nitrogens is 3. The van der Waals surface area contributed by atoms with Gasteiger partial charge in [0.05, 0.1) is 12.8 Å². The lowest BCUT2D eigenvalue weighted by molar-refractivity contribution is 0.0736. The third-order valence-electron chi connectivity index (χ3n) is 4.36. The van der Waals surface area contributed by atoms with Crippen molar-refractivity contribution in [3.8, 4) is 5.75 Å². The first kappa shape index (κ1) is 18.6. The van der Waals surface area contributed by atoms with Crippen molar-refractivity contribution in [1.29, 1.82) is 0 Å². The van der Waals surface area contributed by atoms with E-state index in [1.165, 1.54) is 6.07 Å². The van der Waals surface area contributed by atoms with Gasteiger partial charge < -0.3 is 9.64 Å². The van der Waals surface area contributed by atoms with Gasteiger partial charge in [0.15, 0.2) is 5.69 Å². The minimum atomic E-state index is -0.336. The van der Waals surface area contributed by atoms with Crippen molar-refractivity contribution in [2.45, 2.75) is 19.9 Å². The lowest BCUT2D eigenvalue weighted by atomic mass is 10.1. The van der Waals surface area contributed by atoms with Crippen LogP contribution in [0.4, 0.5) is 4.39 Å². The van der Waals surface area contributed by atoms with E-state index in [2.05, 4.69) is 15.4 Å². The average molecular weight is 368 g/mol. The number of hydrogen-bond donors (Lipinski definition) is 1. The van der Waals surface area contributed by atoms with Gasteiger partial charge in [0, 0.05) is 18.7 Å². The van der Waals surface area contributed by atoms with E-state index in [0.717, 1.165) is 11.3 Å². The van der Waals surface area contributed by atoms with Gasteiger partial charge >= 0.3 is 0 Å². The second kappa shape index (κ2) is 8.44. The van der Waals surface area contributed by atoms with Crippen LogP contribution in [-0.4, -0.2) is 39.9 Å². The molecule has 7 heteroatoms. The Kier molecular flexibility index (Phi) is 5.80. The van der Waals surface area contributed by atoms with Gasteiger partial charge in [0.1, 0.15) is 11.6 Å². The molecule has 27 heavy (non-hydrogen) atoms. The van der Waals surface area contributed by atoms with Crippen LogP contribution in [0.2, 0.25) is 0 Å². The van der Waals surface area contributed by atoms with Gasteiger partial charge in [-0.15, -0.1) is 0 Å². The van der Waals surface area contributed by atoms with Gasteiger partial charge in [-0.1, -0.05) is 30.3 Å². The van der Waals surface area contributed by atoms with Crippen molar-refractivity contribution in [3.05, 3.63) is 76.9 Å². The maximum atomic E-state index is 14.1. The molecule has 1 aromatic heterocycles. The SMILES string of the molecule is COc1ccc(CCN(Cc2ccccc2F)C(=O)c2n[nH]nc2C)cc1. The molecular formula is C20H21FN4O2. The molecule has 2 aromatic carbocycles. The molecule has 0 fully saturated rings. The smallest absolute Gasteiger partial charge is 0.276 e. The molecule has 1 amide bonds. The van der Waals surface area contributed by atoms with Crippen LogP contribution in [0.3, 0.4) is 0 Å². The Morgan fingerprint density at radius 1 is 1.15 bits per heavy atom. The number of carbonyl (C=O) groups is 1. The van der Waals surface area contributed by atoms with Crippen molar-refractivity contribution in [2.75, 3.05) is 13.7 Å². The number of hydrogen-bond acceptors (Lipinski definition) is 4. The summed E-state index contributed by atoms with van der Waals surface area (Å²) in [4.78, 5) is 14.5. The maximum absolute atomic E-state index is 14.1. The normalized spacial score (nSPS) is 10.6. The predicted octanol–water partition coefficient (Wildman–Crippen LogP) is 3.15. The molecule has 0 aliphatic heterocycles. The summed E-state index contributed by atoms with van der Waals surface area (Å²) in [6.45, 7) is 2.29. The van der Waals surface area contributed by atoms with E-state index in [-0.39, 0.29) is 24.0 Å². The molecular weight excluding hydrogens is 347 g/mol. The molecule has 0 bridgehead atoms. The largest absolute Gasteiger partial charge is 0.497 e. The molecule has 1 N–H and O–H groups in total. The van der Waals surface area contributed by atoms with E-state index < -0.39 is 0 Å². The summed E-state index contributed by atoms with van der Waals surface area (Å²) < 4.78 is 19.3. The Bertz CT molecular complexity index is 908. The Balaban J connectivity index is 1.79. The molecule has 0 saturated heterocycles. The number of halogens is 1. The summed E-state index contributed by atoms with van der Waals surface area (Å²) in [6.07, 6.45) is 0.626. The van der Waals surface area contributed by atoms with Gasteiger partial charge in [0.25, 0.3) is 5.91 Å². The molecule has 0 unspecified atom stereocenters. The lowest BCUT2D eigenvalue weighted by Crippen LogP contribution is -2.33. The number of methoxy groups -OCH3 is 1. The lowest BCUT2D eigenvalue weighted by Gasteiger charge is -2.22. The predicted molar refractivity (Wildman–Crippen MR) is 99.0 cm³/mol. The average Bonchev–Trinajstić information content (AvgIpc) is 3.12. The van der Waals surface area contributed by atoms with Crippen LogP contribution in [-0.2, 0) is 13.0 Å². The number of aryl methyl sites for hydroxylation is 1. The molecule has 0 aliphatic rings. The Morgan fingerprint density at radius 3 is 2.52 bits per heavy atom. The van der Waals surface area contributed by atoms with E-state index >= 15 is 0 Å². The summed E-state index contributed by atoms with van der Waals surface area (Å²) in [5.41, 5.74) is 2.28. The van der Waals surface area contributed by atoms with E-state index in [1.54, 1.807) is 37.1 Å². The standard InChI is InChI=1S/C20H21FN4O2/c1-14-19(23-24-22-14)20(26)25(13-16-5-3-4-6-18(16)21)12-11-15-7-9-17(27-2)10-8-15/h3-10H,11-13H2,1-2H3,(H,22,23,24). The highest BCUT2D eigenvalue weighted by Gasteiger charge is 2.22. The summed E-state index contributed by atoms with van der Waals surface area (Å²) >= 11 is 0. The number of amides is 1. The van der Waals surface area contributed by atoms with Gasteiger partial charge in [-0.25, -0.2) is 4.39 Å². The van der Waals surface area contributed by atoms with E-state index in [4.69, 9.17) is 4.74 Å². The fourth-order valence-electron chi connectivity index (χ4n) is 2.78. The second-order valence-corrected chi connectivity index (χ2v) is 6.17. The molecule has 140 valence electrons. The van der Waals surface area contributed by atoms with Crippen molar-refractivity contribution in [3.63, 3.8) is 0 Å². The van der Waals surface area contributed by atoms with Crippen LogP contribution < -0.4 is 4.74 Å². The van der Waals surface area contributed by atoms with Crippen LogP contribution in [0, 0.1) is 12.7 Å². The first-order chi connectivity index (χ1) is 13.1. The number of aromatic amines is 1. The summed E-state index contributed by atoms with van der Waals surface area (Å²) in [7, 11) is 1.62. The monoisotopic (exact) mass is 368 g/mol. The van der Waals surface area contributed by atoms with E-state index in [1.807, 2.05) is 24.3 Å². The molecule has 0 atom stereocenters. The van der Waals surface area contributed by atoms with Crippen molar-refractivity contribution in [2.24, 2.45) is 0 Å². The van der Waals surface area contributed by atoms with Crippen LogP contribution in [0.5, 0.6) is 5.75 Å². The first-order valence-electron chi connectivity index (χ1n) is 8.61. The molecule has 0 aliphatic carbocycles. The molecule has 0 spiro atoms. The van der Waals surface area contributed by atoms with Gasteiger partial charge in [-0.05, 0) is 37.1 Å². The summed E-state index contributed by atoms with van der Waals surface area (Å²) in [5.74, 6) is 0.158. The third kappa shape index (κ3) is 4.49. The fraction of sp³-hybridized carbons (Fsp3) is 0.250. The van der Waals surface area contributed by atoms with Gasteiger partial charge in [0.2, 0.25) is 0 Å². The zero-order valence-electron chi connectivity index (χ0n) is 15.3. The highest BCUT2D eigenvalue weighted by Crippen LogP contribution is 2.16. The third-order valence-corrected chi connectivity index (χ3v) is 4.36. The molecule has 1 heterocycles. The molecule has 0 radical (unpaired) electrons. The number of carbonyl (C=O) groups excluding carboxylic acids is 1. The summed E-state index contributed by atoms with van der Waals surface area (Å²) in [5, 5.41) is 10.3. The minimum absolute atomic E-state index is 0.161. The van der Waals surface area contributed by atoms with Crippen LogP contribution in [0.25, 0.3) is 0 Å². The minimum Gasteiger partial charge on any atom is -0.497 e. The van der Waals surface area contributed by atoms with Gasteiger partial charge in [-0.2, -0.15) is 15.4 Å². The number of rotatable bonds is 7. The number of nitrogens with one attached hydrogen (secondary N) is 1. The van der Waals surface area contributed by atoms with Gasteiger partial charge in [-0.3, -0.25) is 4.79 Å². The molecule has 0 saturated carbocycles. The van der Waals surface area contributed by atoms with Crippen LogP contribution in [0.15, 0.2) is 48.5 Å². The maximum Gasteiger partial charge on any atom is 0.276 e. The summed E-state index contributed by atoms with van der Waals surface area (Å²) in [6, 6.07) is 14.1. The molecule has 3 aromatic rings. The van der Waals surface area contributed by atoms with E-state index in [9.17, 15) is 9.18 Å². The van der Waals surface area contributed by atoms with Crippen LogP contribution in [0.1, 0.15) is 27.3 Å². The Morgan fingerprint density at radius 2 is 1.89 bits per heavy atom. The van der Waals surface area contributed by atoms with Crippen molar-refractivity contribution in [1.82, 2.24) is 20.3 Å². The number of benzene rings is 2. The molecule has 6 nitrogen and oxygen atoms in total. The highest BCUT2D eigenvalue weighted by atomic mass is 19.1. The zero-order chi connectivity index (χ0) is 19.2. The Hall–Kier alpha value is -3.22. The molecule has 3 rings (SSSR count). The second-order valence-electron chi connectivity index (χ2n) is 6.17. The highest BCUT2D eigenvalue weighted by molar-refractivity contribution is 5.93. The fourth-order valence-corrected chi connectivity index (χ4v) is 2.78. The van der Waals surface area contributed by atoms with Crippen molar-refractivity contribution >= 4 is 5.91 Å². The Labute approximate surface area is 157 Å². The number of ether oxygens (including phenoxy) is 1. The first-order valence-corrected chi connectivity index (χ1v) is 8.61. The van der Waals surface area contributed by atoms with Crippen LogP contribution >= 0.6 is 0 Å².